The summed E-state index contributed by atoms with van der Waals surface area (Å²) in [4.78, 5) is 23.7. The highest BCUT2D eigenvalue weighted by molar-refractivity contribution is 5.91. The lowest BCUT2D eigenvalue weighted by Gasteiger charge is -2.41. The van der Waals surface area contributed by atoms with Crippen molar-refractivity contribution in [2.75, 3.05) is 7.11 Å². The molecule has 5 nitrogen and oxygen atoms in total. The van der Waals surface area contributed by atoms with Crippen molar-refractivity contribution in [1.29, 1.82) is 0 Å². The Kier molecular flexibility index (Phi) is 4.37. The second-order valence-electron chi connectivity index (χ2n) is 5.59. The molecule has 104 valence electrons. The van der Waals surface area contributed by atoms with E-state index in [9.17, 15) is 14.7 Å². The number of hydrogen-bond acceptors (Lipinski definition) is 3. The Morgan fingerprint density at radius 1 is 1.39 bits per heavy atom. The molecule has 0 aromatic carbocycles. The Morgan fingerprint density at radius 2 is 2.00 bits per heavy atom. The van der Waals surface area contributed by atoms with Gasteiger partial charge >= 0.3 is 5.97 Å². The lowest BCUT2D eigenvalue weighted by molar-refractivity contribution is -0.156. The number of aliphatic carboxylic acids is 1. The average molecular weight is 257 g/mol. The maximum atomic E-state index is 12.1. The van der Waals surface area contributed by atoms with Gasteiger partial charge in [0.15, 0.2) is 0 Å². The number of rotatable bonds is 4. The second kappa shape index (κ2) is 5.26. The highest BCUT2D eigenvalue weighted by atomic mass is 16.5. The molecule has 5 heteroatoms. The zero-order chi connectivity index (χ0) is 14.0. The van der Waals surface area contributed by atoms with E-state index in [4.69, 9.17) is 4.74 Å². The molecule has 0 saturated heterocycles. The predicted octanol–water partition coefficient (Wildman–Crippen LogP) is 1.56. The van der Waals surface area contributed by atoms with Crippen molar-refractivity contribution < 1.29 is 19.4 Å². The zero-order valence-corrected chi connectivity index (χ0v) is 11.6. The molecule has 0 aromatic rings. The van der Waals surface area contributed by atoms with Crippen LogP contribution in [0.1, 0.15) is 46.5 Å². The van der Waals surface area contributed by atoms with Gasteiger partial charge in [-0.2, -0.15) is 0 Å². The van der Waals surface area contributed by atoms with Gasteiger partial charge in [0.2, 0.25) is 0 Å². The second-order valence-corrected chi connectivity index (χ2v) is 5.59. The number of carboxylic acids is 1. The molecular weight excluding hydrogens is 234 g/mol. The van der Waals surface area contributed by atoms with Gasteiger partial charge in [-0.3, -0.25) is 4.79 Å². The van der Waals surface area contributed by atoms with Crippen LogP contribution < -0.4 is 5.32 Å². The Balaban J connectivity index is 2.94. The smallest absolute Gasteiger partial charge is 0.329 e. The molecule has 1 fully saturated rings. The molecular formula is C13H23NO4. The number of nitrogens with one attached hydrogen (secondary N) is 1. The minimum absolute atomic E-state index is 0.0691. The highest BCUT2D eigenvalue weighted by Crippen LogP contribution is 2.34. The monoisotopic (exact) mass is 257 g/mol. The Morgan fingerprint density at radius 3 is 2.44 bits per heavy atom. The van der Waals surface area contributed by atoms with Gasteiger partial charge in [-0.05, 0) is 32.6 Å². The molecule has 0 heterocycles. The van der Waals surface area contributed by atoms with Crippen LogP contribution in [0.3, 0.4) is 0 Å². The van der Waals surface area contributed by atoms with Crippen molar-refractivity contribution >= 4 is 11.9 Å². The maximum Gasteiger partial charge on any atom is 0.329 e. The Bertz CT molecular complexity index is 340. The van der Waals surface area contributed by atoms with Crippen LogP contribution in [0.5, 0.6) is 0 Å². The van der Waals surface area contributed by atoms with E-state index in [1.807, 2.05) is 6.92 Å². The van der Waals surface area contributed by atoms with Crippen molar-refractivity contribution in [2.45, 2.75) is 57.6 Å². The van der Waals surface area contributed by atoms with Gasteiger partial charge in [0, 0.05) is 7.11 Å². The fourth-order valence-electron chi connectivity index (χ4n) is 2.35. The van der Waals surface area contributed by atoms with Crippen LogP contribution in [0.2, 0.25) is 0 Å². The fraction of sp³-hybridized carbons (Fsp3) is 0.846. The van der Waals surface area contributed by atoms with Gasteiger partial charge in [0.1, 0.15) is 11.1 Å². The summed E-state index contributed by atoms with van der Waals surface area (Å²) in [6.45, 7) is 5.14. The number of hydrogen-bond donors (Lipinski definition) is 2. The SMILES string of the molecule is COC(C)(C)C(=O)NC1(C(=O)O)CCCCC1C. The van der Waals surface area contributed by atoms with Gasteiger partial charge < -0.3 is 15.2 Å². The number of carbonyl (C=O) groups excluding carboxylic acids is 1. The van der Waals surface area contributed by atoms with Crippen molar-refractivity contribution in [3.63, 3.8) is 0 Å². The third kappa shape index (κ3) is 2.66. The van der Waals surface area contributed by atoms with E-state index in [-0.39, 0.29) is 11.8 Å². The van der Waals surface area contributed by atoms with Crippen LogP contribution in [0, 0.1) is 5.92 Å². The van der Waals surface area contributed by atoms with Gasteiger partial charge in [-0.25, -0.2) is 4.79 Å². The first-order valence-corrected chi connectivity index (χ1v) is 6.37. The summed E-state index contributed by atoms with van der Waals surface area (Å²) in [6.07, 6.45) is 3.14. The molecule has 0 radical (unpaired) electrons. The van der Waals surface area contributed by atoms with Crippen LogP contribution in [-0.4, -0.2) is 35.2 Å². The van der Waals surface area contributed by atoms with Crippen molar-refractivity contribution in [3.05, 3.63) is 0 Å². The summed E-state index contributed by atoms with van der Waals surface area (Å²) >= 11 is 0. The van der Waals surface area contributed by atoms with Gasteiger partial charge in [-0.1, -0.05) is 19.8 Å². The van der Waals surface area contributed by atoms with E-state index in [2.05, 4.69) is 5.32 Å². The largest absolute Gasteiger partial charge is 0.479 e. The van der Waals surface area contributed by atoms with E-state index < -0.39 is 17.1 Å². The average Bonchev–Trinajstić information content (AvgIpc) is 2.31. The number of methoxy groups -OCH3 is 1. The lowest BCUT2D eigenvalue weighted by atomic mass is 9.73. The lowest BCUT2D eigenvalue weighted by Crippen LogP contribution is -2.63. The van der Waals surface area contributed by atoms with E-state index in [0.29, 0.717) is 6.42 Å². The zero-order valence-electron chi connectivity index (χ0n) is 11.6. The normalized spacial score (nSPS) is 28.8. The van der Waals surface area contributed by atoms with E-state index in [1.54, 1.807) is 13.8 Å². The molecule has 2 atom stereocenters. The number of carboxylic acid groups (broad SMARTS) is 1. The summed E-state index contributed by atoms with van der Waals surface area (Å²) in [5, 5.41) is 12.2. The summed E-state index contributed by atoms with van der Waals surface area (Å²) in [7, 11) is 1.44. The van der Waals surface area contributed by atoms with Crippen molar-refractivity contribution in [2.24, 2.45) is 5.92 Å². The summed E-state index contributed by atoms with van der Waals surface area (Å²) in [5.41, 5.74) is -2.16. The standard InChI is InChI=1S/C13H23NO4/c1-9-7-5-6-8-13(9,11(16)17)14-10(15)12(2,3)18-4/h9H,5-8H2,1-4H3,(H,14,15)(H,16,17). The quantitative estimate of drug-likeness (QED) is 0.801. The van der Waals surface area contributed by atoms with Crippen LogP contribution in [0.4, 0.5) is 0 Å². The first kappa shape index (κ1) is 15.0. The van der Waals surface area contributed by atoms with Crippen LogP contribution >= 0.6 is 0 Å². The molecule has 0 aromatic heterocycles. The molecule has 0 aliphatic heterocycles. The maximum absolute atomic E-state index is 12.1. The minimum atomic E-state index is -1.15. The van der Waals surface area contributed by atoms with E-state index in [0.717, 1.165) is 19.3 Å². The van der Waals surface area contributed by atoms with Crippen LogP contribution in [0.15, 0.2) is 0 Å². The molecule has 2 N–H and O–H groups in total. The molecule has 0 bridgehead atoms. The first-order valence-electron chi connectivity index (χ1n) is 6.37. The van der Waals surface area contributed by atoms with Crippen LogP contribution in [-0.2, 0) is 14.3 Å². The molecule has 1 amide bonds. The third-order valence-electron chi connectivity index (χ3n) is 4.07. The van der Waals surface area contributed by atoms with E-state index in [1.165, 1.54) is 7.11 Å². The number of carbonyl (C=O) groups is 2. The van der Waals surface area contributed by atoms with Gasteiger partial charge in [-0.15, -0.1) is 0 Å². The Labute approximate surface area is 108 Å². The highest BCUT2D eigenvalue weighted by Gasteiger charge is 2.48. The van der Waals surface area contributed by atoms with Gasteiger partial charge in [0.05, 0.1) is 0 Å². The third-order valence-corrected chi connectivity index (χ3v) is 4.07. The first-order chi connectivity index (χ1) is 8.26. The molecule has 1 rings (SSSR count). The van der Waals surface area contributed by atoms with E-state index >= 15 is 0 Å². The molecule has 18 heavy (non-hydrogen) atoms. The molecule has 0 spiro atoms. The topological polar surface area (TPSA) is 75.6 Å². The molecule has 1 saturated carbocycles. The molecule has 1 aliphatic rings. The minimum Gasteiger partial charge on any atom is -0.479 e. The van der Waals surface area contributed by atoms with Crippen LogP contribution in [0.25, 0.3) is 0 Å². The summed E-state index contributed by atoms with van der Waals surface area (Å²) < 4.78 is 5.10. The number of ether oxygens (including phenoxy) is 1. The molecule has 2 unspecified atom stereocenters. The van der Waals surface area contributed by atoms with Crippen molar-refractivity contribution in [3.8, 4) is 0 Å². The predicted molar refractivity (Wildman–Crippen MR) is 67.2 cm³/mol. The van der Waals surface area contributed by atoms with Crippen molar-refractivity contribution in [1.82, 2.24) is 5.32 Å². The van der Waals surface area contributed by atoms with Gasteiger partial charge in [0.25, 0.3) is 5.91 Å². The Hall–Kier alpha value is -1.10. The summed E-state index contributed by atoms with van der Waals surface area (Å²) in [6, 6.07) is 0. The molecule has 1 aliphatic carbocycles. The fourth-order valence-corrected chi connectivity index (χ4v) is 2.35. The summed E-state index contributed by atoms with van der Waals surface area (Å²) in [5.74, 6) is -1.39. The number of amides is 1.